The fraction of sp³-hybridized carbons (Fsp3) is 0.857. The van der Waals surface area contributed by atoms with Gasteiger partial charge in [0.2, 0.25) is 0 Å². The third-order valence-corrected chi connectivity index (χ3v) is 8.71. The first kappa shape index (κ1) is 45.2. The number of carbonyl (C=O) groups is 3. The summed E-state index contributed by atoms with van der Waals surface area (Å²) >= 11 is 0. The summed E-state index contributed by atoms with van der Waals surface area (Å²) in [4.78, 5) is 45.5. The minimum atomic E-state index is -4.70. The zero-order valence-electron chi connectivity index (χ0n) is 29.4. The fourth-order valence-corrected chi connectivity index (χ4v) is 5.60. The van der Waals surface area contributed by atoms with Crippen molar-refractivity contribution in [2.45, 2.75) is 174 Å². The van der Waals surface area contributed by atoms with Gasteiger partial charge in [0.05, 0.1) is 13.2 Å². The Morgan fingerprint density at radius 3 is 1.60 bits per heavy atom. The monoisotopic (exact) mass is 691 g/mol. The van der Waals surface area contributed by atoms with E-state index in [9.17, 15) is 23.8 Å². The van der Waals surface area contributed by atoms with E-state index < -0.39 is 51.1 Å². The summed E-state index contributed by atoms with van der Waals surface area (Å²) in [5, 5.41) is 8.83. The van der Waals surface area contributed by atoms with Crippen molar-refractivity contribution in [2.75, 3.05) is 19.8 Å². The minimum Gasteiger partial charge on any atom is -0.480 e. The van der Waals surface area contributed by atoms with Crippen molar-refractivity contribution in [3.8, 4) is 0 Å². The Bertz CT molecular complexity index is 869. The fourth-order valence-electron chi connectivity index (χ4n) is 4.82. The van der Waals surface area contributed by atoms with Crippen molar-refractivity contribution in [3.05, 3.63) is 12.2 Å². The van der Waals surface area contributed by atoms with Crippen molar-refractivity contribution in [2.24, 2.45) is 5.73 Å². The Morgan fingerprint density at radius 2 is 1.06 bits per heavy atom. The summed E-state index contributed by atoms with van der Waals surface area (Å²) in [5.41, 5.74) is 5.30. The Hall–Kier alpha value is -1.78. The van der Waals surface area contributed by atoms with Gasteiger partial charge in [0, 0.05) is 12.8 Å². The third-order valence-electron chi connectivity index (χ3n) is 7.76. The van der Waals surface area contributed by atoms with E-state index in [1.165, 1.54) is 83.5 Å². The number of unbranched alkanes of at least 4 members (excludes halogenated alkanes) is 18. The van der Waals surface area contributed by atoms with Gasteiger partial charge in [-0.2, -0.15) is 0 Å². The molecular weight excluding hydrogens is 625 g/mol. The molecule has 47 heavy (non-hydrogen) atoms. The van der Waals surface area contributed by atoms with Crippen molar-refractivity contribution < 1.29 is 47.5 Å². The van der Waals surface area contributed by atoms with E-state index in [0.29, 0.717) is 12.8 Å². The molecule has 3 atom stereocenters. The number of ether oxygens (including phenoxy) is 2. The van der Waals surface area contributed by atoms with Crippen LogP contribution in [0, 0.1) is 0 Å². The lowest BCUT2D eigenvalue weighted by molar-refractivity contribution is -0.161. The molecule has 0 amide bonds. The molecule has 0 aliphatic rings. The van der Waals surface area contributed by atoms with Gasteiger partial charge < -0.3 is 25.2 Å². The van der Waals surface area contributed by atoms with E-state index in [1.807, 2.05) is 0 Å². The molecule has 0 aromatic heterocycles. The number of hydrogen-bond donors (Lipinski definition) is 3. The predicted molar refractivity (Wildman–Crippen MR) is 185 cm³/mol. The van der Waals surface area contributed by atoms with E-state index in [0.717, 1.165) is 38.5 Å². The number of esters is 2. The Balaban J connectivity index is 4.46. The van der Waals surface area contributed by atoms with Crippen LogP contribution in [-0.2, 0) is 37.5 Å². The number of carboxylic acids is 1. The zero-order chi connectivity index (χ0) is 35.0. The lowest BCUT2D eigenvalue weighted by atomic mass is 10.1. The molecule has 0 saturated carbocycles. The van der Waals surface area contributed by atoms with Crippen LogP contribution in [0.1, 0.15) is 162 Å². The number of carbonyl (C=O) groups excluding carboxylic acids is 2. The van der Waals surface area contributed by atoms with Gasteiger partial charge >= 0.3 is 25.7 Å². The van der Waals surface area contributed by atoms with E-state index in [1.54, 1.807) is 0 Å². The second-order valence-electron chi connectivity index (χ2n) is 12.4. The second kappa shape index (κ2) is 31.5. The summed E-state index contributed by atoms with van der Waals surface area (Å²) in [6.45, 7) is 2.72. The molecule has 0 rings (SSSR count). The molecule has 0 fully saturated rings. The number of nitrogens with two attached hydrogens (primary N) is 1. The molecular formula is C35H66NO10P. The number of rotatable bonds is 34. The summed E-state index contributed by atoms with van der Waals surface area (Å²) in [6.07, 6.45) is 27.3. The van der Waals surface area contributed by atoms with Crippen LogP contribution >= 0.6 is 7.82 Å². The molecule has 276 valence electrons. The number of phosphoric acid groups is 1. The van der Waals surface area contributed by atoms with Crippen molar-refractivity contribution in [3.63, 3.8) is 0 Å². The normalized spacial score (nSPS) is 14.1. The molecule has 0 aromatic carbocycles. The molecule has 0 bridgehead atoms. The van der Waals surface area contributed by atoms with Gasteiger partial charge in [0.15, 0.2) is 6.10 Å². The summed E-state index contributed by atoms with van der Waals surface area (Å²) in [7, 11) is -4.70. The summed E-state index contributed by atoms with van der Waals surface area (Å²) in [5.74, 6) is -2.41. The van der Waals surface area contributed by atoms with Crippen molar-refractivity contribution in [1.29, 1.82) is 0 Å². The van der Waals surface area contributed by atoms with Crippen LogP contribution in [0.4, 0.5) is 0 Å². The molecule has 0 heterocycles. The van der Waals surface area contributed by atoms with Crippen LogP contribution in [-0.4, -0.2) is 59.9 Å². The number of allylic oxidation sites excluding steroid dienone is 2. The molecule has 1 unspecified atom stereocenters. The van der Waals surface area contributed by atoms with Crippen molar-refractivity contribution >= 4 is 25.7 Å². The smallest absolute Gasteiger partial charge is 0.472 e. The largest absolute Gasteiger partial charge is 0.480 e. The topological polar surface area (TPSA) is 172 Å². The van der Waals surface area contributed by atoms with Crippen molar-refractivity contribution in [1.82, 2.24) is 0 Å². The van der Waals surface area contributed by atoms with E-state index in [4.69, 9.17) is 24.8 Å². The lowest BCUT2D eigenvalue weighted by Gasteiger charge is -2.20. The lowest BCUT2D eigenvalue weighted by Crippen LogP contribution is -2.34. The van der Waals surface area contributed by atoms with Gasteiger partial charge in [-0.05, 0) is 38.5 Å². The van der Waals surface area contributed by atoms with E-state index in [2.05, 4.69) is 30.5 Å². The molecule has 0 aromatic rings. The van der Waals surface area contributed by atoms with Gasteiger partial charge in [-0.3, -0.25) is 23.4 Å². The summed E-state index contributed by atoms with van der Waals surface area (Å²) in [6, 6.07) is -1.52. The van der Waals surface area contributed by atoms with E-state index in [-0.39, 0.29) is 19.4 Å². The van der Waals surface area contributed by atoms with Gasteiger partial charge in [-0.25, -0.2) is 4.57 Å². The summed E-state index contributed by atoms with van der Waals surface area (Å²) < 4.78 is 32.4. The van der Waals surface area contributed by atoms with Crippen LogP contribution in [0.15, 0.2) is 12.2 Å². The average molecular weight is 692 g/mol. The first-order valence-electron chi connectivity index (χ1n) is 18.2. The number of aliphatic carboxylic acids is 1. The van der Waals surface area contributed by atoms with Crippen LogP contribution < -0.4 is 5.73 Å². The van der Waals surface area contributed by atoms with Gasteiger partial charge in [-0.15, -0.1) is 0 Å². The van der Waals surface area contributed by atoms with E-state index >= 15 is 0 Å². The molecule has 0 saturated heterocycles. The highest BCUT2D eigenvalue weighted by Crippen LogP contribution is 2.43. The highest BCUT2D eigenvalue weighted by molar-refractivity contribution is 7.47. The Morgan fingerprint density at radius 1 is 0.638 bits per heavy atom. The number of hydrogen-bond acceptors (Lipinski definition) is 9. The SMILES string of the molecule is CCCCCCCCCCC/C=C/CCCCC(=O)O[C@@H](COC(=O)CCCCCCCCCC)COP(=O)(O)OC[C@H](N)C(=O)O. The molecule has 0 aliphatic heterocycles. The molecule has 0 aliphatic carbocycles. The maximum absolute atomic E-state index is 12.5. The molecule has 0 spiro atoms. The average Bonchev–Trinajstić information content (AvgIpc) is 3.04. The van der Waals surface area contributed by atoms with Crippen LogP contribution in [0.2, 0.25) is 0 Å². The molecule has 12 heteroatoms. The second-order valence-corrected chi connectivity index (χ2v) is 13.8. The number of carboxylic acid groups (broad SMARTS) is 1. The maximum atomic E-state index is 12.5. The Kier molecular flexibility index (Phi) is 30.3. The van der Waals surface area contributed by atoms with Crippen LogP contribution in [0.25, 0.3) is 0 Å². The first-order valence-corrected chi connectivity index (χ1v) is 19.7. The van der Waals surface area contributed by atoms with Crippen LogP contribution in [0.3, 0.4) is 0 Å². The predicted octanol–water partition coefficient (Wildman–Crippen LogP) is 8.56. The standard InChI is InChI=1S/C35H66NO10P/c1-3-5-7-9-11-13-14-15-16-17-18-19-21-23-25-27-34(38)46-31(29-44-47(41,42)45-30-32(36)35(39)40)28-43-33(37)26-24-22-20-12-10-8-6-4-2/h18-19,31-32H,3-17,20-30,36H2,1-2H3,(H,39,40)(H,41,42)/b19-18+/t31-,32-/m0/s1. The Labute approximate surface area is 284 Å². The zero-order valence-corrected chi connectivity index (χ0v) is 30.3. The van der Waals surface area contributed by atoms with Gasteiger partial charge in [0.1, 0.15) is 12.6 Å². The molecule has 0 radical (unpaired) electrons. The third kappa shape index (κ3) is 31.3. The highest BCUT2D eigenvalue weighted by Gasteiger charge is 2.28. The van der Waals surface area contributed by atoms with Crippen LogP contribution in [0.5, 0.6) is 0 Å². The maximum Gasteiger partial charge on any atom is 0.472 e. The molecule has 11 nitrogen and oxygen atoms in total. The van der Waals surface area contributed by atoms with Gasteiger partial charge in [0.25, 0.3) is 0 Å². The minimum absolute atomic E-state index is 0.134. The number of phosphoric ester groups is 1. The molecule has 4 N–H and O–H groups in total. The highest BCUT2D eigenvalue weighted by atomic mass is 31.2. The first-order chi connectivity index (χ1) is 22.6. The quantitative estimate of drug-likeness (QED) is 0.0255. The van der Waals surface area contributed by atoms with Gasteiger partial charge in [-0.1, -0.05) is 122 Å².